The van der Waals surface area contributed by atoms with E-state index >= 15 is 0 Å². The first-order valence-electron chi connectivity index (χ1n) is 9.96. The minimum Gasteiger partial charge on any atom is -0.494 e. The Labute approximate surface area is 176 Å². The predicted molar refractivity (Wildman–Crippen MR) is 114 cm³/mol. The average Bonchev–Trinajstić information content (AvgIpc) is 3.32. The average molecular weight is 406 g/mol. The van der Waals surface area contributed by atoms with Crippen LogP contribution < -0.4 is 4.74 Å². The number of benzene rings is 2. The number of rotatable bonds is 9. The molecule has 0 unspecified atom stereocenters. The van der Waals surface area contributed by atoms with Gasteiger partial charge in [-0.1, -0.05) is 12.1 Å². The molecule has 0 saturated carbocycles. The van der Waals surface area contributed by atoms with Crippen molar-refractivity contribution in [1.29, 1.82) is 0 Å². The van der Waals surface area contributed by atoms with Crippen LogP contribution in [0.25, 0.3) is 5.69 Å². The molecule has 0 spiro atoms. The largest absolute Gasteiger partial charge is 0.494 e. The van der Waals surface area contributed by atoms with Gasteiger partial charge in [0.05, 0.1) is 18.3 Å². The second-order valence-electron chi connectivity index (χ2n) is 6.99. The smallest absolute Gasteiger partial charge is 0.223 e. The molecule has 7 nitrogen and oxygen atoms in total. The minimum absolute atomic E-state index is 0.0513. The highest BCUT2D eigenvalue weighted by atomic mass is 16.5. The summed E-state index contributed by atoms with van der Waals surface area (Å²) in [6.45, 7) is 4.46. The van der Waals surface area contributed by atoms with E-state index in [0.29, 0.717) is 12.2 Å². The summed E-state index contributed by atoms with van der Waals surface area (Å²) in [6.07, 6.45) is 3.46. The molecule has 3 aromatic rings. The quantitative estimate of drug-likeness (QED) is 0.505. The molecular formula is C23H26N4O3. The minimum atomic E-state index is -0.108. The van der Waals surface area contributed by atoms with Gasteiger partial charge < -0.3 is 9.64 Å². The number of hydrogen-bond acceptors (Lipinski definition) is 5. The lowest BCUT2D eigenvalue weighted by Gasteiger charge is -2.25. The first-order valence-corrected chi connectivity index (χ1v) is 9.96. The van der Waals surface area contributed by atoms with Crippen LogP contribution in [-0.2, 0) is 4.79 Å². The molecule has 1 amide bonds. The Kier molecular flexibility index (Phi) is 6.95. The maximum atomic E-state index is 12.6. The molecule has 0 aliphatic rings. The van der Waals surface area contributed by atoms with Crippen LogP contribution in [0.5, 0.6) is 5.75 Å². The van der Waals surface area contributed by atoms with E-state index in [0.717, 1.165) is 17.0 Å². The molecule has 0 fully saturated rings. The van der Waals surface area contributed by atoms with Crippen LogP contribution in [0, 0.1) is 0 Å². The Hall–Kier alpha value is -3.48. The fourth-order valence-corrected chi connectivity index (χ4v) is 3.13. The van der Waals surface area contributed by atoms with E-state index < -0.39 is 0 Å². The zero-order valence-corrected chi connectivity index (χ0v) is 17.5. The lowest BCUT2D eigenvalue weighted by atomic mass is 10.0. The van der Waals surface area contributed by atoms with Crippen LogP contribution in [-0.4, -0.2) is 45.0 Å². The molecule has 1 atom stereocenters. The van der Waals surface area contributed by atoms with Crippen molar-refractivity contribution in [2.24, 2.45) is 0 Å². The Bertz CT molecular complexity index is 967. The number of Topliss-reactive ketones (excluding diaryl/α,β-unsaturated/α-hetero) is 1. The molecule has 7 heteroatoms. The third-order valence-electron chi connectivity index (χ3n) is 5.09. The Morgan fingerprint density at radius 3 is 2.37 bits per heavy atom. The number of ether oxygens (including phenoxy) is 1. The second-order valence-corrected chi connectivity index (χ2v) is 6.99. The van der Waals surface area contributed by atoms with Crippen molar-refractivity contribution < 1.29 is 14.3 Å². The third-order valence-corrected chi connectivity index (χ3v) is 5.09. The summed E-state index contributed by atoms with van der Waals surface area (Å²) in [5.74, 6) is 0.611. The van der Waals surface area contributed by atoms with E-state index in [4.69, 9.17) is 4.74 Å². The fourth-order valence-electron chi connectivity index (χ4n) is 3.13. The molecule has 0 N–H and O–H groups in total. The Morgan fingerprint density at radius 2 is 1.77 bits per heavy atom. The molecule has 1 aromatic heterocycles. The summed E-state index contributed by atoms with van der Waals surface area (Å²) < 4.78 is 7.06. The van der Waals surface area contributed by atoms with Gasteiger partial charge in [0.1, 0.15) is 18.4 Å². The normalized spacial score (nSPS) is 11.7. The van der Waals surface area contributed by atoms with Crippen molar-refractivity contribution in [3.05, 3.63) is 72.3 Å². The zero-order chi connectivity index (χ0) is 21.5. The van der Waals surface area contributed by atoms with Gasteiger partial charge in [-0.3, -0.25) is 9.59 Å². The second kappa shape index (κ2) is 9.82. The van der Waals surface area contributed by atoms with E-state index in [1.807, 2.05) is 38.1 Å². The topological polar surface area (TPSA) is 77.3 Å². The van der Waals surface area contributed by atoms with Gasteiger partial charge >= 0.3 is 0 Å². The summed E-state index contributed by atoms with van der Waals surface area (Å²) in [7, 11) is 1.76. The SMILES string of the molecule is CCOc1ccc(C(=O)CCC(=O)N(C)[C@H](C)c2ccc(-n3cncn3)cc2)cc1. The van der Waals surface area contributed by atoms with Gasteiger partial charge in [-0.15, -0.1) is 0 Å². The number of carbonyl (C=O) groups excluding carboxylic acids is 2. The molecule has 3 rings (SSSR count). The number of amides is 1. The van der Waals surface area contributed by atoms with Crippen molar-refractivity contribution in [3.63, 3.8) is 0 Å². The molecule has 156 valence electrons. The van der Waals surface area contributed by atoms with Crippen LogP contribution in [0.4, 0.5) is 0 Å². The van der Waals surface area contributed by atoms with Crippen molar-refractivity contribution >= 4 is 11.7 Å². The predicted octanol–water partition coefficient (Wildman–Crippen LogP) is 3.85. The van der Waals surface area contributed by atoms with E-state index in [2.05, 4.69) is 10.1 Å². The summed E-state index contributed by atoms with van der Waals surface area (Å²) in [5.41, 5.74) is 2.50. The number of carbonyl (C=O) groups is 2. The maximum Gasteiger partial charge on any atom is 0.223 e. The van der Waals surface area contributed by atoms with Crippen LogP contribution in [0.1, 0.15) is 48.7 Å². The molecule has 0 bridgehead atoms. The lowest BCUT2D eigenvalue weighted by molar-refractivity contribution is -0.131. The fraction of sp³-hybridized carbons (Fsp3) is 0.304. The number of ketones is 1. The van der Waals surface area contributed by atoms with Crippen molar-refractivity contribution in [2.75, 3.05) is 13.7 Å². The van der Waals surface area contributed by atoms with Gasteiger partial charge in [-0.05, 0) is 55.8 Å². The summed E-state index contributed by atoms with van der Waals surface area (Å²) in [5, 5.41) is 4.11. The number of nitrogens with zero attached hydrogens (tertiary/aromatic N) is 4. The van der Waals surface area contributed by atoms with Gasteiger partial charge in [-0.2, -0.15) is 5.10 Å². The Balaban J connectivity index is 1.55. The lowest BCUT2D eigenvalue weighted by Crippen LogP contribution is -2.29. The molecule has 0 radical (unpaired) electrons. The van der Waals surface area contributed by atoms with Crippen molar-refractivity contribution in [1.82, 2.24) is 19.7 Å². The molecule has 2 aromatic carbocycles. The van der Waals surface area contributed by atoms with Gasteiger partial charge in [0.15, 0.2) is 5.78 Å². The highest BCUT2D eigenvalue weighted by molar-refractivity contribution is 5.98. The van der Waals surface area contributed by atoms with E-state index in [-0.39, 0.29) is 30.6 Å². The Morgan fingerprint density at radius 1 is 1.07 bits per heavy atom. The number of aromatic nitrogens is 3. The zero-order valence-electron chi connectivity index (χ0n) is 17.5. The van der Waals surface area contributed by atoms with Crippen molar-refractivity contribution in [3.8, 4) is 11.4 Å². The molecule has 0 aliphatic carbocycles. The summed E-state index contributed by atoms with van der Waals surface area (Å²) in [6, 6.07) is 14.7. The van der Waals surface area contributed by atoms with Crippen LogP contribution >= 0.6 is 0 Å². The summed E-state index contributed by atoms with van der Waals surface area (Å²) in [4.78, 5) is 30.6. The van der Waals surface area contributed by atoms with Gasteiger partial charge in [0.2, 0.25) is 5.91 Å². The van der Waals surface area contributed by atoms with Gasteiger partial charge in [0.25, 0.3) is 0 Å². The van der Waals surface area contributed by atoms with Crippen LogP contribution in [0.2, 0.25) is 0 Å². The molecule has 1 heterocycles. The molecule has 0 saturated heterocycles. The van der Waals surface area contributed by atoms with Gasteiger partial charge in [-0.25, -0.2) is 9.67 Å². The summed E-state index contributed by atoms with van der Waals surface area (Å²) >= 11 is 0. The van der Waals surface area contributed by atoms with E-state index in [1.54, 1.807) is 47.2 Å². The van der Waals surface area contributed by atoms with E-state index in [9.17, 15) is 9.59 Å². The molecular weight excluding hydrogens is 380 g/mol. The standard InChI is InChI=1S/C23H26N4O3/c1-4-30-21-11-7-19(8-12-21)22(28)13-14-23(29)26(3)17(2)18-5-9-20(10-6-18)27-16-24-15-25-27/h5-12,15-17H,4,13-14H2,1-3H3/t17-/m1/s1. The molecule has 0 aliphatic heterocycles. The number of hydrogen-bond donors (Lipinski definition) is 0. The maximum absolute atomic E-state index is 12.6. The van der Waals surface area contributed by atoms with Gasteiger partial charge in [0, 0.05) is 25.5 Å². The first-order chi connectivity index (χ1) is 14.5. The molecule has 30 heavy (non-hydrogen) atoms. The first kappa shape index (κ1) is 21.2. The van der Waals surface area contributed by atoms with Crippen LogP contribution in [0.3, 0.4) is 0 Å². The third kappa shape index (κ3) is 5.11. The van der Waals surface area contributed by atoms with Crippen LogP contribution in [0.15, 0.2) is 61.2 Å². The monoisotopic (exact) mass is 406 g/mol. The highest BCUT2D eigenvalue weighted by Gasteiger charge is 2.19. The van der Waals surface area contributed by atoms with E-state index in [1.165, 1.54) is 6.33 Å². The van der Waals surface area contributed by atoms with Crippen molar-refractivity contribution in [2.45, 2.75) is 32.7 Å². The highest BCUT2D eigenvalue weighted by Crippen LogP contribution is 2.22.